The van der Waals surface area contributed by atoms with Gasteiger partial charge in [0.15, 0.2) is 0 Å². The van der Waals surface area contributed by atoms with E-state index in [0.29, 0.717) is 5.25 Å². The quantitative estimate of drug-likeness (QED) is 0.539. The van der Waals surface area contributed by atoms with E-state index in [9.17, 15) is 0 Å². The van der Waals surface area contributed by atoms with Crippen molar-refractivity contribution in [1.29, 1.82) is 0 Å². The predicted octanol–water partition coefficient (Wildman–Crippen LogP) is 0.0785. The monoisotopic (exact) mass is 164 g/mol. The molecule has 0 bridgehead atoms. The van der Waals surface area contributed by atoms with Crippen LogP contribution in [0.2, 0.25) is 0 Å². The first-order valence-electron chi connectivity index (χ1n) is 3.01. The molecule has 1 unspecified atom stereocenters. The Balaban J connectivity index is 2.23. The van der Waals surface area contributed by atoms with E-state index in [4.69, 9.17) is 11.5 Å². The minimum absolute atomic E-state index is 0.122. The smallest absolute Gasteiger partial charge is 0.0651 e. The average molecular weight is 164 g/mol. The van der Waals surface area contributed by atoms with Gasteiger partial charge >= 0.3 is 0 Å². The molecule has 4 heteroatoms. The summed E-state index contributed by atoms with van der Waals surface area (Å²) in [5, 5.41) is 0.490. The van der Waals surface area contributed by atoms with Crippen molar-refractivity contribution in [2.75, 3.05) is 17.3 Å². The lowest BCUT2D eigenvalue weighted by atomic mass is 10.4. The van der Waals surface area contributed by atoms with Crippen molar-refractivity contribution in [3.63, 3.8) is 0 Å². The molecule has 1 fully saturated rings. The first-order chi connectivity index (χ1) is 4.30. The fraction of sp³-hybridized carbons (Fsp3) is 1.00. The standard InChI is InChI=1S/C5H12N2S2/c6-5(7)4-3-8-1-2-9-4/h4-5H,1-3,6-7H2. The molecule has 1 heterocycles. The average Bonchev–Trinajstić information content (AvgIpc) is 1.90. The first-order valence-corrected chi connectivity index (χ1v) is 5.21. The fourth-order valence-electron chi connectivity index (χ4n) is 0.728. The molecule has 9 heavy (non-hydrogen) atoms. The van der Waals surface area contributed by atoms with E-state index in [0.717, 1.165) is 5.75 Å². The van der Waals surface area contributed by atoms with Gasteiger partial charge < -0.3 is 11.5 Å². The molecule has 1 rings (SSSR count). The maximum atomic E-state index is 5.51. The lowest BCUT2D eigenvalue weighted by Gasteiger charge is -2.23. The van der Waals surface area contributed by atoms with Crippen LogP contribution in [-0.2, 0) is 0 Å². The molecule has 54 valence electrons. The Morgan fingerprint density at radius 2 is 2.11 bits per heavy atom. The van der Waals surface area contributed by atoms with Gasteiger partial charge in [0.1, 0.15) is 0 Å². The van der Waals surface area contributed by atoms with Gasteiger partial charge in [0.2, 0.25) is 0 Å². The number of hydrogen-bond donors (Lipinski definition) is 2. The van der Waals surface area contributed by atoms with Crippen LogP contribution >= 0.6 is 23.5 Å². The van der Waals surface area contributed by atoms with Crippen LogP contribution in [0.25, 0.3) is 0 Å². The fourth-order valence-corrected chi connectivity index (χ4v) is 3.40. The Morgan fingerprint density at radius 1 is 1.33 bits per heavy atom. The van der Waals surface area contributed by atoms with Gasteiger partial charge in [0, 0.05) is 22.5 Å². The molecule has 1 aliphatic rings. The van der Waals surface area contributed by atoms with Crippen molar-refractivity contribution in [3.8, 4) is 0 Å². The summed E-state index contributed by atoms with van der Waals surface area (Å²) in [5.41, 5.74) is 11.0. The van der Waals surface area contributed by atoms with Crippen molar-refractivity contribution in [3.05, 3.63) is 0 Å². The SMILES string of the molecule is NC(N)C1CSCCS1. The molecule has 0 aromatic heterocycles. The Labute approximate surface area is 64.1 Å². The zero-order valence-corrected chi connectivity index (χ0v) is 6.88. The van der Waals surface area contributed by atoms with Gasteiger partial charge in [-0.25, -0.2) is 0 Å². The van der Waals surface area contributed by atoms with Crippen LogP contribution in [0.15, 0.2) is 0 Å². The molecule has 0 aliphatic carbocycles. The summed E-state index contributed by atoms with van der Waals surface area (Å²) in [6.45, 7) is 0. The van der Waals surface area contributed by atoms with E-state index in [2.05, 4.69) is 0 Å². The van der Waals surface area contributed by atoms with Crippen molar-refractivity contribution in [2.24, 2.45) is 11.5 Å². The van der Waals surface area contributed by atoms with E-state index < -0.39 is 0 Å². The van der Waals surface area contributed by atoms with Crippen molar-refractivity contribution >= 4 is 23.5 Å². The van der Waals surface area contributed by atoms with Crippen molar-refractivity contribution in [1.82, 2.24) is 0 Å². The topological polar surface area (TPSA) is 52.0 Å². The highest BCUT2D eigenvalue weighted by atomic mass is 32.2. The lowest BCUT2D eigenvalue weighted by Crippen LogP contribution is -2.43. The number of thioether (sulfide) groups is 2. The summed E-state index contributed by atoms with van der Waals surface area (Å²) in [6, 6.07) is 0. The second-order valence-electron chi connectivity index (χ2n) is 2.06. The minimum Gasteiger partial charge on any atom is -0.315 e. The van der Waals surface area contributed by atoms with Crippen LogP contribution in [0.1, 0.15) is 0 Å². The minimum atomic E-state index is -0.122. The summed E-state index contributed by atoms with van der Waals surface area (Å²) in [7, 11) is 0. The molecule has 0 amide bonds. The third-order valence-electron chi connectivity index (χ3n) is 1.27. The Bertz CT molecular complexity index is 81.0. The molecule has 4 N–H and O–H groups in total. The molecule has 1 aliphatic heterocycles. The van der Waals surface area contributed by atoms with Gasteiger partial charge in [0.25, 0.3) is 0 Å². The first kappa shape index (κ1) is 7.72. The molecule has 1 atom stereocenters. The largest absolute Gasteiger partial charge is 0.315 e. The van der Waals surface area contributed by atoms with Crippen LogP contribution in [-0.4, -0.2) is 28.7 Å². The van der Waals surface area contributed by atoms with Crippen LogP contribution in [0.4, 0.5) is 0 Å². The highest BCUT2D eigenvalue weighted by molar-refractivity contribution is 8.06. The number of nitrogens with two attached hydrogens (primary N) is 2. The molecular weight excluding hydrogens is 152 g/mol. The van der Waals surface area contributed by atoms with E-state index >= 15 is 0 Å². The second kappa shape index (κ2) is 3.71. The molecule has 0 aromatic rings. The van der Waals surface area contributed by atoms with Gasteiger partial charge in [-0.2, -0.15) is 23.5 Å². The van der Waals surface area contributed by atoms with Crippen LogP contribution in [0.5, 0.6) is 0 Å². The van der Waals surface area contributed by atoms with Crippen LogP contribution < -0.4 is 11.5 Å². The van der Waals surface area contributed by atoms with Gasteiger partial charge in [-0.15, -0.1) is 0 Å². The van der Waals surface area contributed by atoms with Gasteiger partial charge in [0.05, 0.1) is 6.17 Å². The normalized spacial score (nSPS) is 29.0. The molecule has 0 saturated carbocycles. The van der Waals surface area contributed by atoms with Crippen LogP contribution in [0, 0.1) is 0 Å². The predicted molar refractivity (Wildman–Crippen MR) is 45.7 cm³/mol. The summed E-state index contributed by atoms with van der Waals surface area (Å²) in [6.07, 6.45) is -0.122. The summed E-state index contributed by atoms with van der Waals surface area (Å²) in [4.78, 5) is 0. The molecular formula is C5H12N2S2. The highest BCUT2D eigenvalue weighted by Crippen LogP contribution is 2.24. The third-order valence-corrected chi connectivity index (χ3v) is 4.18. The molecule has 1 saturated heterocycles. The lowest BCUT2D eigenvalue weighted by molar-refractivity contribution is 0.701. The van der Waals surface area contributed by atoms with E-state index in [1.54, 1.807) is 0 Å². The molecule has 2 nitrogen and oxygen atoms in total. The third kappa shape index (κ3) is 2.37. The maximum Gasteiger partial charge on any atom is 0.0651 e. The van der Waals surface area contributed by atoms with Gasteiger partial charge in [-0.3, -0.25) is 0 Å². The van der Waals surface area contributed by atoms with E-state index in [1.165, 1.54) is 11.5 Å². The van der Waals surface area contributed by atoms with E-state index in [-0.39, 0.29) is 6.17 Å². The summed E-state index contributed by atoms with van der Waals surface area (Å²) >= 11 is 3.85. The zero-order valence-electron chi connectivity index (χ0n) is 5.25. The molecule has 0 aromatic carbocycles. The molecule has 0 radical (unpaired) electrons. The molecule has 0 spiro atoms. The summed E-state index contributed by atoms with van der Waals surface area (Å²) in [5.74, 6) is 3.59. The van der Waals surface area contributed by atoms with Crippen molar-refractivity contribution < 1.29 is 0 Å². The number of hydrogen-bond acceptors (Lipinski definition) is 4. The second-order valence-corrected chi connectivity index (χ2v) is 4.56. The van der Waals surface area contributed by atoms with Crippen LogP contribution in [0.3, 0.4) is 0 Å². The van der Waals surface area contributed by atoms with Gasteiger partial charge in [-0.05, 0) is 0 Å². The summed E-state index contributed by atoms with van der Waals surface area (Å²) < 4.78 is 0. The maximum absolute atomic E-state index is 5.51. The van der Waals surface area contributed by atoms with E-state index in [1.807, 2.05) is 23.5 Å². The zero-order chi connectivity index (χ0) is 6.69. The Morgan fingerprint density at radius 3 is 2.44 bits per heavy atom. The van der Waals surface area contributed by atoms with Gasteiger partial charge in [-0.1, -0.05) is 0 Å². The number of rotatable bonds is 1. The Hall–Kier alpha value is 0.620. The Kier molecular flexibility index (Phi) is 3.18. The highest BCUT2D eigenvalue weighted by Gasteiger charge is 2.17. The van der Waals surface area contributed by atoms with Crippen molar-refractivity contribution in [2.45, 2.75) is 11.4 Å².